The lowest BCUT2D eigenvalue weighted by Crippen LogP contribution is -2.10. The van der Waals surface area contributed by atoms with Crippen LogP contribution in [0, 0.1) is 0 Å². The van der Waals surface area contributed by atoms with E-state index in [1.54, 1.807) is 7.05 Å². The molecule has 1 aliphatic heterocycles. The maximum atomic E-state index is 13.0. The third-order valence-corrected chi connectivity index (χ3v) is 4.68. The van der Waals surface area contributed by atoms with Crippen LogP contribution in [0.25, 0.3) is 5.57 Å². The highest BCUT2D eigenvalue weighted by atomic mass is 32.2. The molecule has 20 heavy (non-hydrogen) atoms. The third-order valence-electron chi connectivity index (χ3n) is 3.13. The van der Waals surface area contributed by atoms with Crippen LogP contribution in [-0.2, 0) is 16.0 Å². The molecule has 0 bridgehead atoms. The van der Waals surface area contributed by atoms with Crippen LogP contribution in [-0.4, -0.2) is 22.0 Å². The monoisotopic (exact) mass is 305 g/mol. The van der Waals surface area contributed by atoms with E-state index < -0.39 is 21.6 Å². The maximum absolute atomic E-state index is 13.0. The highest BCUT2D eigenvalue weighted by Crippen LogP contribution is 2.43. The summed E-state index contributed by atoms with van der Waals surface area (Å²) in [5.74, 6) is 0. The highest BCUT2D eigenvalue weighted by molar-refractivity contribution is 7.95. The Balaban J connectivity index is 2.52. The Bertz CT molecular complexity index is 648. The molecule has 1 heterocycles. The second kappa shape index (κ2) is 5.21. The lowest BCUT2D eigenvalue weighted by Gasteiger charge is -2.14. The standard InChI is InChI=1S/C13H14F3NO2S/c1-17-7-3-4-9-8-20(18,19)11-6-2-5-10(12(9)11)13(14,15)16/h2,5-6,8,17H,3-4,7H2,1H3. The minimum absolute atomic E-state index is 0.184. The molecule has 0 fully saturated rings. The molecular weight excluding hydrogens is 291 g/mol. The second-order valence-electron chi connectivity index (χ2n) is 4.57. The average molecular weight is 305 g/mol. The molecule has 1 aromatic carbocycles. The van der Waals surface area contributed by atoms with E-state index in [0.717, 1.165) is 17.5 Å². The normalized spacial score (nSPS) is 16.9. The van der Waals surface area contributed by atoms with Crippen LogP contribution in [0.3, 0.4) is 0 Å². The first-order chi connectivity index (χ1) is 9.27. The summed E-state index contributed by atoms with van der Waals surface area (Å²) in [5, 5.41) is 3.84. The van der Waals surface area contributed by atoms with E-state index in [4.69, 9.17) is 0 Å². The van der Waals surface area contributed by atoms with Crippen LogP contribution in [0.5, 0.6) is 0 Å². The fraction of sp³-hybridized carbons (Fsp3) is 0.385. The van der Waals surface area contributed by atoms with Crippen molar-refractivity contribution >= 4 is 15.4 Å². The van der Waals surface area contributed by atoms with Crippen molar-refractivity contribution < 1.29 is 21.6 Å². The maximum Gasteiger partial charge on any atom is 0.417 e. The number of benzene rings is 1. The Labute approximate surface area is 115 Å². The number of hydrogen-bond acceptors (Lipinski definition) is 3. The van der Waals surface area contributed by atoms with Gasteiger partial charge in [0.1, 0.15) is 0 Å². The summed E-state index contributed by atoms with van der Waals surface area (Å²) in [6.45, 7) is 0.612. The van der Waals surface area contributed by atoms with Gasteiger partial charge in [0.15, 0.2) is 0 Å². The molecule has 110 valence electrons. The number of rotatable bonds is 4. The highest BCUT2D eigenvalue weighted by Gasteiger charge is 2.39. The molecule has 0 unspecified atom stereocenters. The molecule has 0 atom stereocenters. The average Bonchev–Trinajstić information content (AvgIpc) is 2.61. The van der Waals surface area contributed by atoms with Gasteiger partial charge in [-0.15, -0.1) is 0 Å². The first-order valence-corrected chi connectivity index (χ1v) is 7.63. The summed E-state index contributed by atoms with van der Waals surface area (Å²) in [6.07, 6.45) is -3.70. The summed E-state index contributed by atoms with van der Waals surface area (Å²) >= 11 is 0. The summed E-state index contributed by atoms with van der Waals surface area (Å²) < 4.78 is 62.9. The number of halogens is 3. The van der Waals surface area contributed by atoms with E-state index in [2.05, 4.69) is 5.32 Å². The van der Waals surface area contributed by atoms with Crippen molar-refractivity contribution in [3.05, 3.63) is 34.7 Å². The topological polar surface area (TPSA) is 46.2 Å². The largest absolute Gasteiger partial charge is 0.417 e. The molecule has 7 heteroatoms. The molecule has 1 aromatic rings. The quantitative estimate of drug-likeness (QED) is 0.870. The lowest BCUT2D eigenvalue weighted by molar-refractivity contribution is -0.137. The molecule has 0 amide bonds. The Morgan fingerprint density at radius 1 is 1.25 bits per heavy atom. The van der Waals surface area contributed by atoms with Crippen LogP contribution in [0.2, 0.25) is 0 Å². The van der Waals surface area contributed by atoms with Gasteiger partial charge in [-0.25, -0.2) is 8.42 Å². The fourth-order valence-corrected chi connectivity index (χ4v) is 3.82. The molecule has 0 radical (unpaired) electrons. The first kappa shape index (κ1) is 15.1. The summed E-state index contributed by atoms with van der Waals surface area (Å²) in [6, 6.07) is 3.27. The van der Waals surface area contributed by atoms with Gasteiger partial charge in [0.05, 0.1) is 10.5 Å². The smallest absolute Gasteiger partial charge is 0.320 e. The van der Waals surface area contributed by atoms with Gasteiger partial charge < -0.3 is 5.32 Å². The van der Waals surface area contributed by atoms with Gasteiger partial charge in [-0.2, -0.15) is 13.2 Å². The van der Waals surface area contributed by atoms with Gasteiger partial charge in [-0.05, 0) is 44.1 Å². The molecule has 1 N–H and O–H groups in total. The SMILES string of the molecule is CNCCCC1=CS(=O)(=O)c2cccc(C(F)(F)F)c21. The summed E-state index contributed by atoms with van der Waals surface area (Å²) in [5.41, 5.74) is -0.828. The third kappa shape index (κ3) is 2.73. The number of alkyl halides is 3. The van der Waals surface area contributed by atoms with E-state index >= 15 is 0 Å². The van der Waals surface area contributed by atoms with Gasteiger partial charge >= 0.3 is 6.18 Å². The molecule has 0 aliphatic carbocycles. The number of hydrogen-bond donors (Lipinski definition) is 1. The molecule has 0 spiro atoms. The predicted molar refractivity (Wildman–Crippen MR) is 69.8 cm³/mol. The minimum Gasteiger partial charge on any atom is -0.320 e. The van der Waals surface area contributed by atoms with Crippen LogP contribution in [0.1, 0.15) is 24.0 Å². The van der Waals surface area contributed by atoms with E-state index in [1.165, 1.54) is 6.07 Å². The van der Waals surface area contributed by atoms with Gasteiger partial charge in [0.2, 0.25) is 9.84 Å². The number of allylic oxidation sites excluding steroid dienone is 1. The molecule has 0 saturated carbocycles. The minimum atomic E-state index is -4.56. The molecular formula is C13H14F3NO2S. The second-order valence-corrected chi connectivity index (χ2v) is 6.34. The van der Waals surface area contributed by atoms with Gasteiger partial charge in [-0.3, -0.25) is 0 Å². The van der Waals surface area contributed by atoms with Gasteiger partial charge in [0.25, 0.3) is 0 Å². The van der Waals surface area contributed by atoms with Crippen molar-refractivity contribution in [3.63, 3.8) is 0 Å². The number of nitrogens with one attached hydrogen (secondary N) is 1. The van der Waals surface area contributed by atoms with Crippen molar-refractivity contribution in [1.82, 2.24) is 5.32 Å². The summed E-state index contributed by atoms with van der Waals surface area (Å²) in [4.78, 5) is -0.244. The number of sulfone groups is 1. The van der Waals surface area contributed by atoms with Crippen molar-refractivity contribution in [2.24, 2.45) is 0 Å². The Morgan fingerprint density at radius 2 is 1.95 bits per heavy atom. The zero-order valence-electron chi connectivity index (χ0n) is 10.8. The zero-order chi connectivity index (χ0) is 15.0. The van der Waals surface area contributed by atoms with E-state index in [9.17, 15) is 21.6 Å². The van der Waals surface area contributed by atoms with Crippen LogP contribution >= 0.6 is 0 Å². The van der Waals surface area contributed by atoms with E-state index in [1.807, 2.05) is 0 Å². The molecule has 2 rings (SSSR count). The van der Waals surface area contributed by atoms with Gasteiger partial charge in [-0.1, -0.05) is 6.07 Å². The van der Waals surface area contributed by atoms with Crippen LogP contribution in [0.15, 0.2) is 28.5 Å². The molecule has 0 saturated heterocycles. The predicted octanol–water partition coefficient (Wildman–Crippen LogP) is 2.83. The molecule has 3 nitrogen and oxygen atoms in total. The van der Waals surface area contributed by atoms with E-state index in [-0.39, 0.29) is 16.0 Å². The fourth-order valence-electron chi connectivity index (χ4n) is 2.28. The van der Waals surface area contributed by atoms with Crippen molar-refractivity contribution in [2.75, 3.05) is 13.6 Å². The summed E-state index contributed by atoms with van der Waals surface area (Å²) in [7, 11) is -2.03. The molecule has 0 aromatic heterocycles. The van der Waals surface area contributed by atoms with Crippen LogP contribution in [0.4, 0.5) is 13.2 Å². The molecule has 1 aliphatic rings. The number of fused-ring (bicyclic) bond motifs is 1. The Morgan fingerprint density at radius 3 is 2.55 bits per heavy atom. The first-order valence-electron chi connectivity index (χ1n) is 6.08. The van der Waals surface area contributed by atoms with E-state index in [0.29, 0.717) is 19.4 Å². The zero-order valence-corrected chi connectivity index (χ0v) is 11.6. The van der Waals surface area contributed by atoms with Crippen LogP contribution < -0.4 is 5.32 Å². The van der Waals surface area contributed by atoms with Crippen molar-refractivity contribution in [2.45, 2.75) is 23.9 Å². The Hall–Kier alpha value is -1.34. The van der Waals surface area contributed by atoms with Gasteiger partial charge in [0, 0.05) is 11.0 Å². The van der Waals surface area contributed by atoms with Crippen molar-refractivity contribution in [1.29, 1.82) is 0 Å². The lowest BCUT2D eigenvalue weighted by atomic mass is 9.97. The van der Waals surface area contributed by atoms with Crippen molar-refractivity contribution in [3.8, 4) is 0 Å². The Kier molecular flexibility index (Phi) is 3.93.